The number of likely N-dealkylation sites (tertiary alicyclic amines) is 1. The van der Waals surface area contributed by atoms with Gasteiger partial charge in [0.1, 0.15) is 0 Å². The van der Waals surface area contributed by atoms with Crippen LogP contribution in [-0.2, 0) is 11.3 Å². The highest BCUT2D eigenvalue weighted by molar-refractivity contribution is 6.30. The van der Waals surface area contributed by atoms with Crippen LogP contribution in [-0.4, -0.2) is 23.9 Å². The van der Waals surface area contributed by atoms with Gasteiger partial charge in [0, 0.05) is 18.1 Å². The molecule has 0 radical (unpaired) electrons. The topological polar surface area (TPSA) is 46.3 Å². The monoisotopic (exact) mass is 252 g/mol. The third kappa shape index (κ3) is 2.99. The quantitative estimate of drug-likeness (QED) is 0.894. The number of rotatable bonds is 3. The molecule has 0 spiro atoms. The van der Waals surface area contributed by atoms with Gasteiger partial charge in [0.25, 0.3) is 0 Å². The Labute approximate surface area is 107 Å². The number of hydrogen-bond donors (Lipinski definition) is 1. The molecule has 0 saturated carbocycles. The Morgan fingerprint density at radius 3 is 2.94 bits per heavy atom. The lowest BCUT2D eigenvalue weighted by atomic mass is 10.1. The Morgan fingerprint density at radius 2 is 2.35 bits per heavy atom. The second kappa shape index (κ2) is 5.07. The van der Waals surface area contributed by atoms with Crippen molar-refractivity contribution >= 4 is 17.5 Å². The SMILES string of the molecule is Cc1cc(Cl)ccc1CN1CCC(C(N)=O)C1. The number of aryl methyl sites for hydroxylation is 1. The van der Waals surface area contributed by atoms with Crippen molar-refractivity contribution in [2.24, 2.45) is 11.7 Å². The molecular weight excluding hydrogens is 236 g/mol. The summed E-state index contributed by atoms with van der Waals surface area (Å²) in [7, 11) is 0. The zero-order valence-corrected chi connectivity index (χ0v) is 10.7. The third-order valence-electron chi connectivity index (χ3n) is 3.37. The van der Waals surface area contributed by atoms with Crippen LogP contribution in [0.4, 0.5) is 0 Å². The van der Waals surface area contributed by atoms with Gasteiger partial charge in [0.2, 0.25) is 5.91 Å². The predicted octanol–water partition coefficient (Wildman–Crippen LogP) is 1.96. The van der Waals surface area contributed by atoms with E-state index in [0.29, 0.717) is 0 Å². The van der Waals surface area contributed by atoms with E-state index < -0.39 is 0 Å². The molecule has 1 aromatic rings. The molecule has 3 nitrogen and oxygen atoms in total. The minimum absolute atomic E-state index is 0.0163. The number of carbonyl (C=O) groups excluding carboxylic acids is 1. The normalized spacial score (nSPS) is 20.7. The van der Waals surface area contributed by atoms with Crippen molar-refractivity contribution in [1.29, 1.82) is 0 Å². The van der Waals surface area contributed by atoms with E-state index in [2.05, 4.69) is 17.9 Å². The second-order valence-corrected chi connectivity index (χ2v) is 5.13. The Bertz CT molecular complexity index is 433. The molecule has 1 unspecified atom stereocenters. The minimum Gasteiger partial charge on any atom is -0.369 e. The highest BCUT2D eigenvalue weighted by atomic mass is 35.5. The molecule has 1 amide bonds. The lowest BCUT2D eigenvalue weighted by Crippen LogP contribution is -2.27. The zero-order chi connectivity index (χ0) is 12.4. The summed E-state index contributed by atoms with van der Waals surface area (Å²) in [5.74, 6) is -0.164. The van der Waals surface area contributed by atoms with Crippen LogP contribution in [0, 0.1) is 12.8 Å². The average Bonchev–Trinajstić information content (AvgIpc) is 2.71. The lowest BCUT2D eigenvalue weighted by Gasteiger charge is -2.17. The summed E-state index contributed by atoms with van der Waals surface area (Å²) in [6, 6.07) is 5.93. The largest absolute Gasteiger partial charge is 0.369 e. The van der Waals surface area contributed by atoms with Gasteiger partial charge in [0.15, 0.2) is 0 Å². The highest BCUT2D eigenvalue weighted by Gasteiger charge is 2.26. The van der Waals surface area contributed by atoms with E-state index in [4.69, 9.17) is 17.3 Å². The first-order chi connectivity index (χ1) is 8.06. The van der Waals surface area contributed by atoms with E-state index in [-0.39, 0.29) is 11.8 Å². The molecule has 2 N–H and O–H groups in total. The van der Waals surface area contributed by atoms with Gasteiger partial charge >= 0.3 is 0 Å². The van der Waals surface area contributed by atoms with Crippen LogP contribution in [0.25, 0.3) is 0 Å². The first-order valence-electron chi connectivity index (χ1n) is 5.83. The number of hydrogen-bond acceptors (Lipinski definition) is 2. The van der Waals surface area contributed by atoms with Crippen molar-refractivity contribution < 1.29 is 4.79 Å². The average molecular weight is 253 g/mol. The summed E-state index contributed by atoms with van der Waals surface area (Å²) in [5, 5.41) is 0.766. The van der Waals surface area contributed by atoms with Crippen LogP contribution in [0.1, 0.15) is 17.5 Å². The third-order valence-corrected chi connectivity index (χ3v) is 3.61. The number of halogens is 1. The van der Waals surface area contributed by atoms with E-state index in [1.165, 1.54) is 11.1 Å². The molecule has 0 aromatic heterocycles. The zero-order valence-electron chi connectivity index (χ0n) is 9.95. The van der Waals surface area contributed by atoms with Gasteiger partial charge in [-0.1, -0.05) is 17.7 Å². The van der Waals surface area contributed by atoms with Crippen LogP contribution >= 0.6 is 11.6 Å². The fourth-order valence-electron chi connectivity index (χ4n) is 2.29. The molecule has 1 fully saturated rings. The fraction of sp³-hybridized carbons (Fsp3) is 0.462. The maximum absolute atomic E-state index is 11.1. The van der Waals surface area contributed by atoms with Gasteiger partial charge in [-0.2, -0.15) is 0 Å². The van der Waals surface area contributed by atoms with Crippen molar-refractivity contribution in [3.8, 4) is 0 Å². The molecule has 2 rings (SSSR count). The number of amides is 1. The summed E-state index contributed by atoms with van der Waals surface area (Å²) in [6.07, 6.45) is 0.877. The molecule has 1 aromatic carbocycles. The van der Waals surface area contributed by atoms with Crippen molar-refractivity contribution in [2.45, 2.75) is 19.9 Å². The first-order valence-corrected chi connectivity index (χ1v) is 6.21. The molecule has 1 heterocycles. The summed E-state index contributed by atoms with van der Waals surface area (Å²) < 4.78 is 0. The molecule has 1 aliphatic rings. The fourth-order valence-corrected chi connectivity index (χ4v) is 2.51. The number of nitrogens with zero attached hydrogens (tertiary/aromatic N) is 1. The summed E-state index contributed by atoms with van der Waals surface area (Å²) >= 11 is 5.92. The van der Waals surface area contributed by atoms with Gasteiger partial charge < -0.3 is 5.73 Å². The highest BCUT2D eigenvalue weighted by Crippen LogP contribution is 2.21. The van der Waals surface area contributed by atoms with Crippen LogP contribution in [0.2, 0.25) is 5.02 Å². The van der Waals surface area contributed by atoms with Crippen molar-refractivity contribution in [2.75, 3.05) is 13.1 Å². The molecule has 4 heteroatoms. The van der Waals surface area contributed by atoms with E-state index >= 15 is 0 Å². The van der Waals surface area contributed by atoms with Crippen LogP contribution < -0.4 is 5.73 Å². The van der Waals surface area contributed by atoms with Gasteiger partial charge in [-0.25, -0.2) is 0 Å². The second-order valence-electron chi connectivity index (χ2n) is 4.69. The Morgan fingerprint density at radius 1 is 1.59 bits per heavy atom. The number of nitrogens with two attached hydrogens (primary N) is 1. The van der Waals surface area contributed by atoms with Gasteiger partial charge in [-0.05, 0) is 43.1 Å². The first kappa shape index (κ1) is 12.4. The standard InChI is InChI=1S/C13H17ClN2O/c1-9-6-12(14)3-2-10(9)7-16-5-4-11(8-16)13(15)17/h2-3,6,11H,4-5,7-8H2,1H3,(H2,15,17). The molecule has 1 saturated heterocycles. The van der Waals surface area contributed by atoms with E-state index in [0.717, 1.165) is 31.1 Å². The van der Waals surface area contributed by atoms with Crippen LogP contribution in [0.3, 0.4) is 0 Å². The summed E-state index contributed by atoms with van der Waals surface area (Å²) in [5.41, 5.74) is 7.78. The Kier molecular flexibility index (Phi) is 3.69. The minimum atomic E-state index is -0.180. The van der Waals surface area contributed by atoms with Gasteiger partial charge in [-0.15, -0.1) is 0 Å². The van der Waals surface area contributed by atoms with Crippen LogP contribution in [0.5, 0.6) is 0 Å². The maximum atomic E-state index is 11.1. The van der Waals surface area contributed by atoms with E-state index in [1.54, 1.807) is 0 Å². The smallest absolute Gasteiger partial charge is 0.221 e. The van der Waals surface area contributed by atoms with E-state index in [9.17, 15) is 4.79 Å². The lowest BCUT2D eigenvalue weighted by molar-refractivity contribution is -0.121. The molecule has 1 atom stereocenters. The number of benzene rings is 1. The Balaban J connectivity index is 2.00. The Hall–Kier alpha value is -1.06. The predicted molar refractivity (Wildman–Crippen MR) is 68.8 cm³/mol. The molecule has 1 aliphatic heterocycles. The summed E-state index contributed by atoms with van der Waals surface area (Å²) in [4.78, 5) is 13.4. The maximum Gasteiger partial charge on any atom is 0.221 e. The van der Waals surface area contributed by atoms with Gasteiger partial charge in [0.05, 0.1) is 5.92 Å². The summed E-state index contributed by atoms with van der Waals surface area (Å²) in [6.45, 7) is 4.64. The molecule has 0 aliphatic carbocycles. The van der Waals surface area contributed by atoms with Gasteiger partial charge in [-0.3, -0.25) is 9.69 Å². The number of carbonyl (C=O) groups is 1. The number of primary amides is 1. The van der Waals surface area contributed by atoms with Crippen molar-refractivity contribution in [3.63, 3.8) is 0 Å². The molecule has 17 heavy (non-hydrogen) atoms. The van der Waals surface area contributed by atoms with E-state index in [1.807, 2.05) is 12.1 Å². The van der Waals surface area contributed by atoms with Crippen molar-refractivity contribution in [1.82, 2.24) is 4.90 Å². The van der Waals surface area contributed by atoms with Crippen molar-refractivity contribution in [3.05, 3.63) is 34.3 Å². The molecule has 92 valence electrons. The van der Waals surface area contributed by atoms with Crippen LogP contribution in [0.15, 0.2) is 18.2 Å². The molecule has 0 bridgehead atoms. The molecular formula is C13H17ClN2O.